The molecule has 1 aromatic carbocycles. The summed E-state index contributed by atoms with van der Waals surface area (Å²) in [5.41, 5.74) is 1.51. The minimum Gasteiger partial charge on any atom is -0.352 e. The van der Waals surface area contributed by atoms with E-state index in [0.717, 1.165) is 28.2 Å². The van der Waals surface area contributed by atoms with Crippen LogP contribution in [-0.2, 0) is 11.3 Å². The summed E-state index contributed by atoms with van der Waals surface area (Å²) in [4.78, 5) is 12.2. The monoisotopic (exact) mass is 345 g/mol. The fraction of sp³-hybridized carbons (Fsp3) is 0.375. The van der Waals surface area contributed by atoms with Crippen molar-refractivity contribution >= 4 is 32.7 Å². The van der Waals surface area contributed by atoms with Crippen LogP contribution < -0.4 is 5.32 Å². The fourth-order valence-corrected chi connectivity index (χ4v) is 3.35. The van der Waals surface area contributed by atoms with Crippen molar-refractivity contribution in [1.29, 1.82) is 5.26 Å². The zero-order valence-corrected chi connectivity index (χ0v) is 13.2. The minimum atomic E-state index is 0.0196. The number of nitriles is 1. The third kappa shape index (κ3) is 2.96. The highest BCUT2D eigenvalue weighted by molar-refractivity contribution is 9.10. The summed E-state index contributed by atoms with van der Waals surface area (Å²) in [6, 6.07) is 8.29. The molecule has 0 unspecified atom stereocenters. The largest absolute Gasteiger partial charge is 0.352 e. The van der Waals surface area contributed by atoms with E-state index in [-0.39, 0.29) is 12.5 Å². The number of amides is 1. The van der Waals surface area contributed by atoms with Crippen molar-refractivity contribution in [2.24, 2.45) is 0 Å². The van der Waals surface area contributed by atoms with Crippen LogP contribution in [-0.4, -0.2) is 16.5 Å². The lowest BCUT2D eigenvalue weighted by Gasteiger charge is -2.12. The first-order valence-corrected chi connectivity index (χ1v) is 7.94. The second-order valence-corrected chi connectivity index (χ2v) is 6.41. The van der Waals surface area contributed by atoms with Crippen LogP contribution in [0.5, 0.6) is 0 Å². The maximum Gasteiger partial charge on any atom is 0.240 e. The van der Waals surface area contributed by atoms with Gasteiger partial charge < -0.3 is 9.88 Å². The summed E-state index contributed by atoms with van der Waals surface area (Å²) in [5, 5.41) is 13.2. The predicted octanol–water partition coefficient (Wildman–Crippen LogP) is 3.33. The third-order valence-corrected chi connectivity index (χ3v) is 4.49. The summed E-state index contributed by atoms with van der Waals surface area (Å²) < 4.78 is 2.78. The van der Waals surface area contributed by atoms with Crippen LogP contribution >= 0.6 is 15.9 Å². The molecule has 1 amide bonds. The van der Waals surface area contributed by atoms with E-state index in [1.54, 1.807) is 6.20 Å². The first-order valence-electron chi connectivity index (χ1n) is 7.15. The Morgan fingerprint density at radius 3 is 2.90 bits per heavy atom. The third-order valence-electron chi connectivity index (χ3n) is 4.00. The number of carbonyl (C=O) groups is 1. The van der Waals surface area contributed by atoms with Gasteiger partial charge in [-0.15, -0.1) is 0 Å². The number of benzene rings is 1. The van der Waals surface area contributed by atoms with Gasteiger partial charge in [0.2, 0.25) is 5.91 Å². The zero-order valence-electron chi connectivity index (χ0n) is 11.6. The smallest absolute Gasteiger partial charge is 0.240 e. The maximum absolute atomic E-state index is 12.2. The van der Waals surface area contributed by atoms with Crippen LogP contribution in [0.15, 0.2) is 28.9 Å². The van der Waals surface area contributed by atoms with Crippen molar-refractivity contribution in [1.82, 2.24) is 9.88 Å². The SMILES string of the molecule is N#Cc1cn(CC(=O)NC2CCCC2)c2ccc(Br)cc12. The molecule has 108 valence electrons. The average molecular weight is 346 g/mol. The standard InChI is InChI=1S/C16H16BrN3O/c17-12-5-6-15-14(7-12)11(8-18)9-20(15)10-16(21)19-13-3-1-2-4-13/h5-7,9,13H,1-4,10H2,(H,19,21). The molecule has 1 heterocycles. The molecule has 0 radical (unpaired) electrons. The Hall–Kier alpha value is -1.80. The van der Waals surface area contributed by atoms with Crippen LogP contribution in [0.4, 0.5) is 0 Å². The van der Waals surface area contributed by atoms with E-state index in [0.29, 0.717) is 11.6 Å². The number of hydrogen-bond donors (Lipinski definition) is 1. The van der Waals surface area contributed by atoms with E-state index in [1.165, 1.54) is 12.8 Å². The van der Waals surface area contributed by atoms with Crippen molar-refractivity contribution in [3.8, 4) is 6.07 Å². The second-order valence-electron chi connectivity index (χ2n) is 5.49. The molecule has 0 aliphatic heterocycles. The highest BCUT2D eigenvalue weighted by atomic mass is 79.9. The number of carbonyl (C=O) groups excluding carboxylic acids is 1. The molecule has 1 fully saturated rings. The molecule has 1 N–H and O–H groups in total. The zero-order chi connectivity index (χ0) is 14.8. The van der Waals surface area contributed by atoms with E-state index in [1.807, 2.05) is 22.8 Å². The van der Waals surface area contributed by atoms with E-state index in [4.69, 9.17) is 0 Å². The fourth-order valence-electron chi connectivity index (χ4n) is 2.99. The molecule has 21 heavy (non-hydrogen) atoms. The Balaban J connectivity index is 1.83. The topological polar surface area (TPSA) is 57.8 Å². The summed E-state index contributed by atoms with van der Waals surface area (Å²) in [7, 11) is 0. The summed E-state index contributed by atoms with van der Waals surface area (Å²) >= 11 is 3.42. The van der Waals surface area contributed by atoms with Gasteiger partial charge in [-0.25, -0.2) is 0 Å². The van der Waals surface area contributed by atoms with Crippen molar-refractivity contribution in [3.05, 3.63) is 34.4 Å². The van der Waals surface area contributed by atoms with E-state index in [9.17, 15) is 10.1 Å². The highest BCUT2D eigenvalue weighted by Crippen LogP contribution is 2.25. The molecule has 3 rings (SSSR count). The highest BCUT2D eigenvalue weighted by Gasteiger charge is 2.18. The molecule has 1 aliphatic rings. The molecule has 1 aromatic heterocycles. The van der Waals surface area contributed by atoms with Crippen molar-refractivity contribution in [3.63, 3.8) is 0 Å². The summed E-state index contributed by atoms with van der Waals surface area (Å²) in [6.07, 6.45) is 6.31. The average Bonchev–Trinajstić information content (AvgIpc) is 3.07. The molecule has 0 saturated heterocycles. The number of fused-ring (bicyclic) bond motifs is 1. The Labute approximate surface area is 131 Å². The van der Waals surface area contributed by atoms with E-state index < -0.39 is 0 Å². The molecule has 0 bridgehead atoms. The molecule has 2 aromatic rings. The molecule has 4 nitrogen and oxygen atoms in total. The van der Waals surface area contributed by atoms with E-state index in [2.05, 4.69) is 27.3 Å². The summed E-state index contributed by atoms with van der Waals surface area (Å²) in [5.74, 6) is 0.0196. The Bertz CT molecular complexity index is 723. The Morgan fingerprint density at radius 2 is 2.19 bits per heavy atom. The van der Waals surface area contributed by atoms with Crippen LogP contribution in [0.3, 0.4) is 0 Å². The quantitative estimate of drug-likeness (QED) is 0.927. The Kier molecular flexibility index (Phi) is 3.98. The van der Waals surface area contributed by atoms with Gasteiger partial charge in [0.15, 0.2) is 0 Å². The van der Waals surface area contributed by atoms with Gasteiger partial charge in [0, 0.05) is 27.6 Å². The predicted molar refractivity (Wildman–Crippen MR) is 84.8 cm³/mol. The molecule has 0 atom stereocenters. The normalized spacial score (nSPS) is 15.2. The van der Waals surface area contributed by atoms with Crippen LogP contribution in [0.1, 0.15) is 31.2 Å². The lowest BCUT2D eigenvalue weighted by molar-refractivity contribution is -0.122. The minimum absolute atomic E-state index is 0.0196. The van der Waals surface area contributed by atoms with Gasteiger partial charge in [-0.2, -0.15) is 5.26 Å². The number of aromatic nitrogens is 1. The molecule has 0 spiro atoms. The van der Waals surface area contributed by atoms with Gasteiger partial charge in [-0.1, -0.05) is 28.8 Å². The number of halogens is 1. The molecular weight excluding hydrogens is 330 g/mol. The van der Waals surface area contributed by atoms with Gasteiger partial charge in [-0.05, 0) is 31.0 Å². The van der Waals surface area contributed by atoms with Gasteiger partial charge in [0.05, 0.1) is 5.56 Å². The number of rotatable bonds is 3. The van der Waals surface area contributed by atoms with Crippen molar-refractivity contribution in [2.75, 3.05) is 0 Å². The van der Waals surface area contributed by atoms with Gasteiger partial charge in [0.1, 0.15) is 12.6 Å². The Morgan fingerprint density at radius 1 is 1.43 bits per heavy atom. The van der Waals surface area contributed by atoms with Gasteiger partial charge in [0.25, 0.3) is 0 Å². The van der Waals surface area contributed by atoms with E-state index >= 15 is 0 Å². The number of nitrogens with one attached hydrogen (secondary N) is 1. The lowest BCUT2D eigenvalue weighted by Crippen LogP contribution is -2.35. The molecule has 5 heteroatoms. The van der Waals surface area contributed by atoms with Gasteiger partial charge in [-0.3, -0.25) is 4.79 Å². The van der Waals surface area contributed by atoms with Crippen LogP contribution in [0.25, 0.3) is 10.9 Å². The molecule has 1 saturated carbocycles. The van der Waals surface area contributed by atoms with Gasteiger partial charge >= 0.3 is 0 Å². The molecule has 1 aliphatic carbocycles. The first kappa shape index (κ1) is 14.2. The molecular formula is C16H16BrN3O. The van der Waals surface area contributed by atoms with Crippen molar-refractivity contribution < 1.29 is 4.79 Å². The van der Waals surface area contributed by atoms with Crippen molar-refractivity contribution in [2.45, 2.75) is 38.3 Å². The number of nitrogens with zero attached hydrogens (tertiary/aromatic N) is 2. The lowest BCUT2D eigenvalue weighted by atomic mass is 10.2. The first-order chi connectivity index (χ1) is 10.2. The van der Waals surface area contributed by atoms with Crippen LogP contribution in [0, 0.1) is 11.3 Å². The maximum atomic E-state index is 12.2. The number of hydrogen-bond acceptors (Lipinski definition) is 2. The second kappa shape index (κ2) is 5.90. The summed E-state index contributed by atoms with van der Waals surface area (Å²) in [6.45, 7) is 0.260. The van der Waals surface area contributed by atoms with Crippen LogP contribution in [0.2, 0.25) is 0 Å².